The van der Waals surface area contributed by atoms with Gasteiger partial charge in [-0.15, -0.1) is 0 Å². The minimum absolute atomic E-state index is 0.0447. The molecule has 124 valence electrons. The Kier molecular flexibility index (Phi) is 4.49. The van der Waals surface area contributed by atoms with Gasteiger partial charge in [-0.3, -0.25) is 0 Å². The number of aryl methyl sites for hydroxylation is 2. The van der Waals surface area contributed by atoms with E-state index in [4.69, 9.17) is 4.52 Å². The molecule has 5 nitrogen and oxygen atoms in total. The first kappa shape index (κ1) is 16.4. The van der Waals surface area contributed by atoms with Gasteiger partial charge in [0.2, 0.25) is 11.7 Å². The van der Waals surface area contributed by atoms with E-state index >= 15 is 0 Å². The van der Waals surface area contributed by atoms with Crippen molar-refractivity contribution in [2.45, 2.75) is 25.4 Å². The molecule has 3 rings (SSSR count). The summed E-state index contributed by atoms with van der Waals surface area (Å²) in [5.41, 5.74) is 3.71. The fraction of sp³-hybridized carbons (Fsp3) is 0.222. The molecule has 1 aromatic heterocycles. The third kappa shape index (κ3) is 4.08. The highest BCUT2D eigenvalue weighted by molar-refractivity contribution is 7.89. The molecule has 0 N–H and O–H groups in total. The number of benzene rings is 2. The van der Waals surface area contributed by atoms with Crippen LogP contribution >= 0.6 is 0 Å². The van der Waals surface area contributed by atoms with Gasteiger partial charge in [0.1, 0.15) is 5.75 Å². The van der Waals surface area contributed by atoms with E-state index in [9.17, 15) is 8.42 Å². The number of rotatable bonds is 5. The summed E-state index contributed by atoms with van der Waals surface area (Å²) in [5, 5.41) is 3.87. The van der Waals surface area contributed by atoms with Crippen molar-refractivity contribution in [1.82, 2.24) is 10.1 Å². The molecule has 0 radical (unpaired) electrons. The summed E-state index contributed by atoms with van der Waals surface area (Å²) in [6.45, 7) is 3.92. The highest BCUT2D eigenvalue weighted by Gasteiger charge is 2.18. The molecule has 0 saturated carbocycles. The molecular formula is C18H18N2O3S. The summed E-state index contributed by atoms with van der Waals surface area (Å²) in [7, 11) is -3.38. The van der Waals surface area contributed by atoms with Gasteiger partial charge >= 0.3 is 0 Å². The van der Waals surface area contributed by atoms with Gasteiger partial charge in [0.25, 0.3) is 0 Å². The normalized spacial score (nSPS) is 11.6. The SMILES string of the molecule is Cc1ccc(-c2noc(CS(=O)(=O)Cc3cccc(C)c3)n2)cc1. The maximum atomic E-state index is 12.3. The largest absolute Gasteiger partial charge is 0.338 e. The highest BCUT2D eigenvalue weighted by Crippen LogP contribution is 2.18. The lowest BCUT2D eigenvalue weighted by Crippen LogP contribution is -2.08. The van der Waals surface area contributed by atoms with E-state index in [-0.39, 0.29) is 17.4 Å². The summed E-state index contributed by atoms with van der Waals surface area (Å²) >= 11 is 0. The summed E-state index contributed by atoms with van der Waals surface area (Å²) in [4.78, 5) is 4.20. The minimum Gasteiger partial charge on any atom is -0.338 e. The zero-order valence-corrected chi connectivity index (χ0v) is 14.4. The van der Waals surface area contributed by atoms with Crippen LogP contribution in [0.1, 0.15) is 22.6 Å². The maximum absolute atomic E-state index is 12.3. The number of hydrogen-bond donors (Lipinski definition) is 0. The zero-order valence-electron chi connectivity index (χ0n) is 13.6. The van der Waals surface area contributed by atoms with Crippen LogP contribution in [0.2, 0.25) is 0 Å². The number of hydrogen-bond acceptors (Lipinski definition) is 5. The van der Waals surface area contributed by atoms with Crippen molar-refractivity contribution in [2.75, 3.05) is 0 Å². The molecule has 0 unspecified atom stereocenters. The summed E-state index contributed by atoms with van der Waals surface area (Å²) < 4.78 is 29.8. The van der Waals surface area contributed by atoms with Crippen molar-refractivity contribution in [2.24, 2.45) is 0 Å². The van der Waals surface area contributed by atoms with Gasteiger partial charge in [-0.2, -0.15) is 4.98 Å². The fourth-order valence-corrected chi connectivity index (χ4v) is 3.71. The van der Waals surface area contributed by atoms with Crippen LogP contribution in [0.25, 0.3) is 11.4 Å². The standard InChI is InChI=1S/C18H18N2O3S/c1-13-6-8-16(9-7-13)18-19-17(23-20-18)12-24(21,22)11-15-5-3-4-14(2)10-15/h3-10H,11-12H2,1-2H3. The second-order valence-electron chi connectivity index (χ2n) is 5.90. The third-order valence-electron chi connectivity index (χ3n) is 3.59. The van der Waals surface area contributed by atoms with Gasteiger partial charge < -0.3 is 4.52 Å². The Bertz CT molecular complexity index is 944. The molecule has 0 fully saturated rings. The van der Waals surface area contributed by atoms with Gasteiger partial charge in [-0.1, -0.05) is 64.8 Å². The maximum Gasteiger partial charge on any atom is 0.242 e. The van der Waals surface area contributed by atoms with Gasteiger partial charge in [-0.05, 0) is 19.4 Å². The van der Waals surface area contributed by atoms with Crippen LogP contribution in [0, 0.1) is 13.8 Å². The molecular weight excluding hydrogens is 324 g/mol. The number of nitrogens with zero attached hydrogens (tertiary/aromatic N) is 2. The Morgan fingerprint density at radius 3 is 2.42 bits per heavy atom. The summed E-state index contributed by atoms with van der Waals surface area (Å²) in [6.07, 6.45) is 0. The fourth-order valence-electron chi connectivity index (χ4n) is 2.43. The molecule has 2 aromatic carbocycles. The predicted molar refractivity (Wildman–Crippen MR) is 92.0 cm³/mol. The van der Waals surface area contributed by atoms with Crippen molar-refractivity contribution in [3.8, 4) is 11.4 Å². The van der Waals surface area contributed by atoms with Crippen molar-refractivity contribution in [3.63, 3.8) is 0 Å². The molecule has 0 aliphatic rings. The quantitative estimate of drug-likeness (QED) is 0.710. The molecule has 1 heterocycles. The molecule has 0 saturated heterocycles. The van der Waals surface area contributed by atoms with E-state index in [1.807, 2.05) is 56.3 Å². The van der Waals surface area contributed by atoms with Crippen molar-refractivity contribution in [3.05, 3.63) is 71.1 Å². The predicted octanol–water partition coefficient (Wildman–Crippen LogP) is 3.47. The first-order chi connectivity index (χ1) is 11.4. The molecule has 0 atom stereocenters. The molecule has 24 heavy (non-hydrogen) atoms. The monoisotopic (exact) mass is 342 g/mol. The Morgan fingerprint density at radius 2 is 1.71 bits per heavy atom. The minimum atomic E-state index is -3.38. The molecule has 0 aliphatic heterocycles. The first-order valence-electron chi connectivity index (χ1n) is 7.57. The first-order valence-corrected chi connectivity index (χ1v) is 9.39. The van der Waals surface area contributed by atoms with Crippen molar-refractivity contribution < 1.29 is 12.9 Å². The van der Waals surface area contributed by atoms with E-state index in [0.717, 1.165) is 22.3 Å². The molecule has 3 aromatic rings. The average molecular weight is 342 g/mol. The van der Waals surface area contributed by atoms with Crippen LogP contribution < -0.4 is 0 Å². The molecule has 0 amide bonds. The van der Waals surface area contributed by atoms with Crippen LogP contribution in [0.15, 0.2) is 53.1 Å². The van der Waals surface area contributed by atoms with Gasteiger partial charge in [0.05, 0.1) is 5.75 Å². The van der Waals surface area contributed by atoms with E-state index in [2.05, 4.69) is 10.1 Å². The van der Waals surface area contributed by atoms with E-state index in [1.54, 1.807) is 6.07 Å². The second kappa shape index (κ2) is 6.57. The van der Waals surface area contributed by atoms with E-state index < -0.39 is 9.84 Å². The molecule has 0 spiro atoms. The van der Waals surface area contributed by atoms with Crippen LogP contribution in [0.4, 0.5) is 0 Å². The second-order valence-corrected chi connectivity index (χ2v) is 7.96. The van der Waals surface area contributed by atoms with Gasteiger partial charge in [0.15, 0.2) is 9.84 Å². The van der Waals surface area contributed by atoms with E-state index in [1.165, 1.54) is 0 Å². The van der Waals surface area contributed by atoms with Crippen LogP contribution in [-0.4, -0.2) is 18.6 Å². The number of sulfone groups is 1. The third-order valence-corrected chi connectivity index (χ3v) is 5.05. The Balaban J connectivity index is 1.75. The topological polar surface area (TPSA) is 73.1 Å². The van der Waals surface area contributed by atoms with Gasteiger partial charge in [-0.25, -0.2) is 8.42 Å². The van der Waals surface area contributed by atoms with Crippen molar-refractivity contribution in [1.29, 1.82) is 0 Å². The lowest BCUT2D eigenvalue weighted by atomic mass is 10.1. The Morgan fingerprint density at radius 1 is 0.958 bits per heavy atom. The zero-order chi connectivity index (χ0) is 17.2. The molecule has 0 aliphatic carbocycles. The summed E-state index contributed by atoms with van der Waals surface area (Å²) in [6, 6.07) is 15.1. The average Bonchev–Trinajstić information content (AvgIpc) is 2.95. The Hall–Kier alpha value is -2.47. The molecule has 6 heteroatoms. The smallest absolute Gasteiger partial charge is 0.242 e. The van der Waals surface area contributed by atoms with Crippen molar-refractivity contribution >= 4 is 9.84 Å². The van der Waals surface area contributed by atoms with Gasteiger partial charge in [0, 0.05) is 5.56 Å². The Labute approximate surface area is 141 Å². The lowest BCUT2D eigenvalue weighted by Gasteiger charge is -2.03. The highest BCUT2D eigenvalue weighted by atomic mass is 32.2. The molecule has 0 bridgehead atoms. The van der Waals surface area contributed by atoms with E-state index in [0.29, 0.717) is 5.82 Å². The summed E-state index contributed by atoms with van der Waals surface area (Å²) in [5.74, 6) is 0.200. The lowest BCUT2D eigenvalue weighted by molar-refractivity contribution is 0.389. The van der Waals surface area contributed by atoms with Crippen LogP contribution in [0.3, 0.4) is 0 Å². The number of aromatic nitrogens is 2. The van der Waals surface area contributed by atoms with Crippen LogP contribution in [0.5, 0.6) is 0 Å². The van der Waals surface area contributed by atoms with Crippen LogP contribution in [-0.2, 0) is 21.3 Å².